The Balaban J connectivity index is 1.38. The number of ether oxygens (including phenoxy) is 2. The normalized spacial score (nSPS) is 15.0. The number of likely N-dealkylation sites (tertiary alicyclic amines) is 1. The van der Waals surface area contributed by atoms with Gasteiger partial charge in [-0.3, -0.25) is 4.90 Å². The first-order valence-corrected chi connectivity index (χ1v) is 14.2. The third-order valence-electron chi connectivity index (χ3n) is 7.49. The molecule has 0 amide bonds. The molecular formula is C32H36BClFN3O3. The molecule has 1 fully saturated rings. The highest BCUT2D eigenvalue weighted by molar-refractivity contribution is 6.62. The molecule has 0 saturated carbocycles. The molecule has 1 aliphatic rings. The maximum absolute atomic E-state index is 14.1. The molecule has 4 rings (SSSR count). The van der Waals surface area contributed by atoms with Crippen LogP contribution < -0.4 is 9.64 Å². The Bertz CT molecular complexity index is 1380. The quantitative estimate of drug-likeness (QED) is 0.236. The van der Waals surface area contributed by atoms with Gasteiger partial charge in [0.15, 0.2) is 7.85 Å². The lowest BCUT2D eigenvalue weighted by Crippen LogP contribution is -2.42. The van der Waals surface area contributed by atoms with Gasteiger partial charge in [0, 0.05) is 58.9 Å². The molecular weight excluding hydrogens is 540 g/mol. The molecule has 1 aromatic heterocycles. The van der Waals surface area contributed by atoms with Gasteiger partial charge in [-0.05, 0) is 69.6 Å². The van der Waals surface area contributed by atoms with E-state index in [4.69, 9.17) is 33.9 Å². The Morgan fingerprint density at radius 1 is 1.22 bits per heavy atom. The summed E-state index contributed by atoms with van der Waals surface area (Å²) in [6, 6.07) is 15.8. The van der Waals surface area contributed by atoms with Gasteiger partial charge in [0.1, 0.15) is 18.1 Å². The summed E-state index contributed by atoms with van der Waals surface area (Å²) in [6.07, 6.45) is 1.89. The number of hydrogen-bond acceptors (Lipinski definition) is 6. The smallest absolute Gasteiger partial charge is 0.213 e. The molecule has 0 N–H and O–H groups in total. The lowest BCUT2D eigenvalue weighted by Gasteiger charge is -2.38. The van der Waals surface area contributed by atoms with E-state index in [1.54, 1.807) is 31.4 Å². The second kappa shape index (κ2) is 14.1. The number of rotatable bonds is 12. The number of hydrogen-bond donors (Lipinski definition) is 0. The predicted octanol–water partition coefficient (Wildman–Crippen LogP) is 6.30. The summed E-state index contributed by atoms with van der Waals surface area (Å²) in [5, 5.41) is 0.353. The van der Waals surface area contributed by atoms with Crippen molar-refractivity contribution in [1.82, 2.24) is 9.88 Å². The molecule has 6 nitrogen and oxygen atoms in total. The molecule has 1 atom stereocenters. The zero-order chi connectivity index (χ0) is 29.5. The fourth-order valence-electron chi connectivity index (χ4n) is 5.31. The molecule has 1 unspecified atom stereocenters. The first kappa shape index (κ1) is 30.8. The molecule has 41 heavy (non-hydrogen) atoms. The third kappa shape index (κ3) is 7.97. The van der Waals surface area contributed by atoms with Crippen molar-refractivity contribution in [3.63, 3.8) is 0 Å². The van der Waals surface area contributed by atoms with Crippen LogP contribution in [0.1, 0.15) is 52.9 Å². The highest BCUT2D eigenvalue weighted by atomic mass is 35.5. The standard InChI is InChI=1S/C32H36BClFN3O3/c1-21-8-9-25(32(33)39)16-30(21)38(23(3)19-40-4)22(2)18-37-14-12-24(13-15-37)29-6-5-7-31(36-29)41-20-26-10-11-27(34)17-28(26)35/h5-11,16-17,23-24H,2,12-15,18-20H2,1,3-4H3. The van der Waals surface area contributed by atoms with Gasteiger partial charge in [-0.1, -0.05) is 42.4 Å². The first-order chi connectivity index (χ1) is 19.7. The zero-order valence-electron chi connectivity index (χ0n) is 23.9. The second-order valence-electron chi connectivity index (χ2n) is 10.6. The van der Waals surface area contributed by atoms with Crippen molar-refractivity contribution >= 4 is 30.8 Å². The summed E-state index contributed by atoms with van der Waals surface area (Å²) in [5.41, 5.74) is 4.28. The third-order valence-corrected chi connectivity index (χ3v) is 7.73. The number of aromatic nitrogens is 1. The molecule has 9 heteroatoms. The van der Waals surface area contributed by atoms with Gasteiger partial charge in [0.25, 0.3) is 0 Å². The molecule has 1 saturated heterocycles. The number of carbonyl (C=O) groups excluding carboxylic acids is 1. The van der Waals surface area contributed by atoms with Crippen LogP contribution in [-0.2, 0) is 11.3 Å². The maximum atomic E-state index is 14.1. The average Bonchev–Trinajstić information content (AvgIpc) is 2.94. The predicted molar refractivity (Wildman–Crippen MR) is 163 cm³/mol. The molecule has 0 bridgehead atoms. The number of benzene rings is 2. The van der Waals surface area contributed by atoms with E-state index in [9.17, 15) is 9.18 Å². The maximum Gasteiger partial charge on any atom is 0.213 e. The van der Waals surface area contributed by atoms with Crippen LogP contribution >= 0.6 is 11.6 Å². The molecule has 214 valence electrons. The van der Waals surface area contributed by atoms with E-state index in [2.05, 4.69) is 23.3 Å². The lowest BCUT2D eigenvalue weighted by molar-refractivity contribution is 0.108. The number of anilines is 1. The largest absolute Gasteiger partial charge is 0.473 e. The van der Waals surface area contributed by atoms with Gasteiger partial charge < -0.3 is 19.2 Å². The molecule has 2 radical (unpaired) electrons. The van der Waals surface area contributed by atoms with E-state index in [0.29, 0.717) is 41.1 Å². The molecule has 2 aromatic carbocycles. The van der Waals surface area contributed by atoms with E-state index in [-0.39, 0.29) is 12.6 Å². The molecule has 0 spiro atoms. The van der Waals surface area contributed by atoms with E-state index in [0.717, 1.165) is 48.6 Å². The van der Waals surface area contributed by atoms with Crippen LogP contribution in [0, 0.1) is 12.7 Å². The highest BCUT2D eigenvalue weighted by Gasteiger charge is 2.26. The van der Waals surface area contributed by atoms with Gasteiger partial charge in [-0.15, -0.1) is 0 Å². The van der Waals surface area contributed by atoms with Crippen LogP contribution in [-0.4, -0.2) is 62.8 Å². The first-order valence-electron chi connectivity index (χ1n) is 13.8. The highest BCUT2D eigenvalue weighted by Crippen LogP contribution is 2.31. The van der Waals surface area contributed by atoms with Crippen molar-refractivity contribution < 1.29 is 18.7 Å². The zero-order valence-corrected chi connectivity index (χ0v) is 24.7. The number of aryl methyl sites for hydroxylation is 1. The van der Waals surface area contributed by atoms with Crippen LogP contribution in [0.2, 0.25) is 5.02 Å². The number of carbonyl (C=O) groups is 1. The number of nitrogens with zero attached hydrogens (tertiary/aromatic N) is 3. The summed E-state index contributed by atoms with van der Waals surface area (Å²) >= 11 is 5.85. The lowest BCUT2D eigenvalue weighted by atomic mass is 9.92. The topological polar surface area (TPSA) is 54.9 Å². The van der Waals surface area contributed by atoms with Crippen molar-refractivity contribution in [3.05, 3.63) is 100 Å². The SMILES string of the molecule is [B]C(=O)c1ccc(C)c(N(C(=C)CN2CCC(c3cccc(OCc4ccc(Cl)cc4F)n3)CC2)C(C)COC)c1. The van der Waals surface area contributed by atoms with E-state index < -0.39 is 11.5 Å². The summed E-state index contributed by atoms with van der Waals surface area (Å²) in [5.74, 6) is 0.380. The summed E-state index contributed by atoms with van der Waals surface area (Å²) in [6.45, 7) is 11.6. The van der Waals surface area contributed by atoms with E-state index >= 15 is 0 Å². The van der Waals surface area contributed by atoms with Gasteiger partial charge >= 0.3 is 0 Å². The van der Waals surface area contributed by atoms with Crippen molar-refractivity contribution in [3.8, 4) is 5.88 Å². The summed E-state index contributed by atoms with van der Waals surface area (Å²) < 4.78 is 25.4. The Morgan fingerprint density at radius 3 is 2.66 bits per heavy atom. The Morgan fingerprint density at radius 2 is 1.98 bits per heavy atom. The number of halogens is 2. The summed E-state index contributed by atoms with van der Waals surface area (Å²) in [7, 11) is 7.25. The monoisotopic (exact) mass is 575 g/mol. The van der Waals surface area contributed by atoms with Crippen LogP contribution in [0.3, 0.4) is 0 Å². The van der Waals surface area contributed by atoms with E-state index in [1.807, 2.05) is 31.2 Å². The van der Waals surface area contributed by atoms with Gasteiger partial charge in [0.05, 0.1) is 12.6 Å². The number of methoxy groups -OCH3 is 1. The van der Waals surface area contributed by atoms with Crippen LogP contribution in [0.5, 0.6) is 5.88 Å². The minimum absolute atomic E-state index is 0.0140. The summed E-state index contributed by atoms with van der Waals surface area (Å²) in [4.78, 5) is 21.1. The molecule has 0 aliphatic carbocycles. The van der Waals surface area contributed by atoms with Gasteiger partial charge in [0.2, 0.25) is 5.88 Å². The van der Waals surface area contributed by atoms with E-state index in [1.165, 1.54) is 6.07 Å². The minimum atomic E-state index is -0.460. The average molecular weight is 576 g/mol. The van der Waals surface area contributed by atoms with Crippen LogP contribution in [0.15, 0.2) is 66.9 Å². The molecule has 1 aliphatic heterocycles. The van der Waals surface area contributed by atoms with Crippen LogP contribution in [0.25, 0.3) is 0 Å². The molecule has 2 heterocycles. The van der Waals surface area contributed by atoms with Gasteiger partial charge in [-0.25, -0.2) is 9.37 Å². The van der Waals surface area contributed by atoms with Crippen LogP contribution in [0.4, 0.5) is 10.1 Å². The second-order valence-corrected chi connectivity index (χ2v) is 11.0. The van der Waals surface area contributed by atoms with Crippen molar-refractivity contribution in [2.24, 2.45) is 0 Å². The van der Waals surface area contributed by atoms with Crippen molar-refractivity contribution in [2.45, 2.75) is 45.3 Å². The number of piperidine rings is 1. The van der Waals surface area contributed by atoms with Gasteiger partial charge in [-0.2, -0.15) is 0 Å². The minimum Gasteiger partial charge on any atom is -0.473 e. The molecule has 3 aromatic rings. The Labute approximate surface area is 248 Å². The fraction of sp³-hybridized carbons (Fsp3) is 0.375. The van der Waals surface area contributed by atoms with Crippen molar-refractivity contribution in [2.75, 3.05) is 38.3 Å². The fourth-order valence-corrected chi connectivity index (χ4v) is 5.47. The van der Waals surface area contributed by atoms with Crippen molar-refractivity contribution in [1.29, 1.82) is 0 Å². The number of pyridine rings is 1. The Hall–Kier alpha value is -3.20. The Kier molecular flexibility index (Phi) is 10.6.